The van der Waals surface area contributed by atoms with Crippen LogP contribution in [-0.2, 0) is 4.79 Å². The van der Waals surface area contributed by atoms with E-state index in [1.165, 1.54) is 10.5 Å². The largest absolute Gasteiger partial charge is 0.465 e. The maximum Gasteiger partial charge on any atom is 0.407 e. The second-order valence-electron chi connectivity index (χ2n) is 7.49. The first-order chi connectivity index (χ1) is 13.4. The molecule has 2 aliphatic rings. The number of carboxylic acid groups (broad SMARTS) is 1. The monoisotopic (exact) mass is 427 g/mol. The molecule has 1 aromatic carbocycles. The van der Waals surface area contributed by atoms with Gasteiger partial charge in [-0.3, -0.25) is 14.3 Å². The van der Waals surface area contributed by atoms with E-state index in [2.05, 4.69) is 10.4 Å². The minimum absolute atomic E-state index is 0.303. The van der Waals surface area contributed by atoms with Crippen LogP contribution in [-0.4, -0.2) is 63.5 Å². The van der Waals surface area contributed by atoms with Gasteiger partial charge in [0.25, 0.3) is 5.91 Å². The highest BCUT2D eigenvalue weighted by molar-refractivity contribution is 7.97. The fourth-order valence-electron chi connectivity index (χ4n) is 4.00. The topological polar surface area (TPSA) is 93.1 Å². The molecular formula is C19H26ClN3O4S. The molecule has 0 aliphatic carbocycles. The van der Waals surface area contributed by atoms with Crippen LogP contribution in [0.2, 0.25) is 5.02 Å². The Hall–Kier alpha value is -1.48. The zero-order valence-corrected chi connectivity index (χ0v) is 17.2. The molecule has 7 nitrogen and oxygen atoms in total. The number of nitrogens with zero attached hydrogens (tertiary/aromatic N) is 2. The van der Waals surface area contributed by atoms with Gasteiger partial charge in [-0.1, -0.05) is 41.7 Å². The van der Waals surface area contributed by atoms with Crippen LogP contribution in [0, 0.1) is 5.41 Å². The molecule has 0 spiro atoms. The number of hydroxylamine groups is 1. The van der Waals surface area contributed by atoms with Crippen LogP contribution < -0.4 is 5.48 Å². The lowest BCUT2D eigenvalue weighted by Crippen LogP contribution is -2.51. The normalized spacial score (nSPS) is 20.7. The summed E-state index contributed by atoms with van der Waals surface area (Å²) in [6, 6.07) is 7.98. The summed E-state index contributed by atoms with van der Waals surface area (Å²) in [4.78, 5) is 24.8. The van der Waals surface area contributed by atoms with E-state index in [0.29, 0.717) is 37.6 Å². The highest BCUT2D eigenvalue weighted by Gasteiger charge is 2.43. The Bertz CT molecular complexity index is 704. The summed E-state index contributed by atoms with van der Waals surface area (Å²) in [5, 5.41) is 19.1. The van der Waals surface area contributed by atoms with E-state index in [1.54, 1.807) is 17.4 Å². The minimum atomic E-state index is -0.965. The number of hydrogen-bond donors (Lipinski definition) is 3. The summed E-state index contributed by atoms with van der Waals surface area (Å²) in [6.45, 7) is 2.41. The molecule has 2 fully saturated rings. The van der Waals surface area contributed by atoms with Crippen LogP contribution in [0.15, 0.2) is 24.3 Å². The van der Waals surface area contributed by atoms with E-state index in [-0.39, 0.29) is 0 Å². The van der Waals surface area contributed by atoms with Crippen LogP contribution >= 0.6 is 23.5 Å². The fourth-order valence-corrected chi connectivity index (χ4v) is 5.61. The van der Waals surface area contributed by atoms with Crippen molar-refractivity contribution in [3.05, 3.63) is 34.9 Å². The van der Waals surface area contributed by atoms with Gasteiger partial charge in [0.15, 0.2) is 0 Å². The molecule has 0 unspecified atom stereocenters. The Morgan fingerprint density at radius 2 is 1.82 bits per heavy atom. The molecule has 154 valence electrons. The van der Waals surface area contributed by atoms with E-state index in [0.717, 1.165) is 31.0 Å². The predicted octanol–water partition coefficient (Wildman–Crippen LogP) is 3.43. The molecule has 0 bridgehead atoms. The van der Waals surface area contributed by atoms with Crippen LogP contribution in [0.4, 0.5) is 4.79 Å². The molecule has 2 saturated heterocycles. The molecule has 0 saturated carbocycles. The van der Waals surface area contributed by atoms with E-state index >= 15 is 0 Å². The van der Waals surface area contributed by atoms with Crippen molar-refractivity contribution >= 4 is 35.5 Å². The van der Waals surface area contributed by atoms with Gasteiger partial charge < -0.3 is 10.0 Å². The van der Waals surface area contributed by atoms with Crippen molar-refractivity contribution in [1.29, 1.82) is 0 Å². The molecule has 0 aromatic heterocycles. The number of halogens is 1. The first kappa shape index (κ1) is 21.2. The third-order valence-corrected chi connectivity index (χ3v) is 7.65. The Morgan fingerprint density at radius 3 is 2.39 bits per heavy atom. The summed E-state index contributed by atoms with van der Waals surface area (Å²) >= 11 is 7.95. The van der Waals surface area contributed by atoms with E-state index in [1.807, 2.05) is 18.2 Å². The Kier molecular flexibility index (Phi) is 7.09. The van der Waals surface area contributed by atoms with Crippen molar-refractivity contribution in [3.8, 4) is 0 Å². The minimum Gasteiger partial charge on any atom is -0.465 e. The summed E-state index contributed by atoms with van der Waals surface area (Å²) in [7, 11) is 0. The number of amides is 2. The van der Waals surface area contributed by atoms with Gasteiger partial charge in [0.2, 0.25) is 0 Å². The molecule has 2 heterocycles. The molecule has 3 N–H and O–H groups in total. The van der Waals surface area contributed by atoms with E-state index < -0.39 is 17.4 Å². The molecular weight excluding hydrogens is 402 g/mol. The van der Waals surface area contributed by atoms with Gasteiger partial charge in [0.1, 0.15) is 0 Å². The smallest absolute Gasteiger partial charge is 0.407 e. The molecule has 0 atom stereocenters. The molecule has 9 heteroatoms. The van der Waals surface area contributed by atoms with Gasteiger partial charge in [0, 0.05) is 37.0 Å². The Labute approximate surface area is 174 Å². The first-order valence-corrected chi connectivity index (χ1v) is 10.8. The van der Waals surface area contributed by atoms with Crippen LogP contribution in [0.25, 0.3) is 0 Å². The lowest BCUT2D eigenvalue weighted by atomic mass is 9.79. The van der Waals surface area contributed by atoms with Crippen LogP contribution in [0.1, 0.15) is 37.2 Å². The second kappa shape index (κ2) is 9.35. The zero-order valence-electron chi connectivity index (χ0n) is 15.6. The number of benzene rings is 1. The van der Waals surface area contributed by atoms with Gasteiger partial charge in [-0.05, 0) is 43.2 Å². The third-order valence-electron chi connectivity index (χ3n) is 5.90. The number of carbonyl (C=O) groups excluding carboxylic acids is 1. The van der Waals surface area contributed by atoms with E-state index in [9.17, 15) is 14.8 Å². The van der Waals surface area contributed by atoms with Gasteiger partial charge >= 0.3 is 6.09 Å². The molecule has 28 heavy (non-hydrogen) atoms. The fraction of sp³-hybridized carbons (Fsp3) is 0.579. The predicted molar refractivity (Wildman–Crippen MR) is 109 cm³/mol. The number of hydrogen-bond acceptors (Lipinski definition) is 5. The summed E-state index contributed by atoms with van der Waals surface area (Å²) < 4.78 is 2.27. The first-order valence-electron chi connectivity index (χ1n) is 9.50. The lowest BCUT2D eigenvalue weighted by molar-refractivity contribution is -0.141. The summed E-state index contributed by atoms with van der Waals surface area (Å²) in [6.07, 6.45) is 1.86. The number of carbonyl (C=O) groups is 2. The van der Waals surface area contributed by atoms with Gasteiger partial charge in [-0.25, -0.2) is 10.3 Å². The summed E-state index contributed by atoms with van der Waals surface area (Å²) in [5.74, 6) is 0.555. The highest BCUT2D eigenvalue weighted by Crippen LogP contribution is 2.39. The molecule has 0 radical (unpaired) electrons. The van der Waals surface area contributed by atoms with Crippen molar-refractivity contribution in [3.63, 3.8) is 0 Å². The average molecular weight is 428 g/mol. The SMILES string of the molecule is O=C(O)N1CCC(CSN2CCC(c3ccccc3Cl)CC2)(C(=O)NO)CC1. The zero-order chi connectivity index (χ0) is 20.1. The quantitative estimate of drug-likeness (QED) is 0.378. The maximum atomic E-state index is 12.3. The van der Waals surface area contributed by atoms with Crippen molar-refractivity contribution in [2.45, 2.75) is 31.6 Å². The van der Waals surface area contributed by atoms with Gasteiger partial charge in [0.05, 0.1) is 5.41 Å². The van der Waals surface area contributed by atoms with Crippen molar-refractivity contribution in [2.24, 2.45) is 5.41 Å². The van der Waals surface area contributed by atoms with E-state index in [4.69, 9.17) is 16.7 Å². The number of nitrogens with one attached hydrogen (secondary N) is 1. The average Bonchev–Trinajstić information content (AvgIpc) is 2.72. The standard InChI is InChI=1S/C19H26ClN3O4S/c20-16-4-2-1-3-15(16)14-5-9-23(10-6-14)28-13-19(17(24)21-27)7-11-22(12-8-19)18(25)26/h1-4,14,27H,5-13H2,(H,21,24)(H,25,26). The third kappa shape index (κ3) is 4.74. The van der Waals surface area contributed by atoms with Crippen LogP contribution in [0.3, 0.4) is 0 Å². The van der Waals surface area contributed by atoms with Gasteiger partial charge in [-0.15, -0.1) is 0 Å². The van der Waals surface area contributed by atoms with Crippen molar-refractivity contribution in [1.82, 2.24) is 14.7 Å². The summed E-state index contributed by atoms with van der Waals surface area (Å²) in [5.41, 5.74) is 2.25. The maximum absolute atomic E-state index is 12.3. The number of rotatable bonds is 5. The van der Waals surface area contributed by atoms with Gasteiger partial charge in [-0.2, -0.15) is 0 Å². The van der Waals surface area contributed by atoms with Crippen LogP contribution in [0.5, 0.6) is 0 Å². The molecule has 1 aromatic rings. The Morgan fingerprint density at radius 1 is 1.18 bits per heavy atom. The number of likely N-dealkylation sites (tertiary alicyclic amines) is 1. The second-order valence-corrected chi connectivity index (χ2v) is 8.96. The van der Waals surface area contributed by atoms with Crippen molar-refractivity contribution < 1.29 is 19.9 Å². The molecule has 3 rings (SSSR count). The number of piperidine rings is 2. The van der Waals surface area contributed by atoms with Crippen molar-refractivity contribution in [2.75, 3.05) is 31.9 Å². The Balaban J connectivity index is 1.54. The molecule has 2 amide bonds. The lowest BCUT2D eigenvalue weighted by Gasteiger charge is -2.40. The highest BCUT2D eigenvalue weighted by atomic mass is 35.5. The molecule has 2 aliphatic heterocycles.